The van der Waals surface area contributed by atoms with Crippen LogP contribution < -0.4 is 14.9 Å². The second-order valence-corrected chi connectivity index (χ2v) is 6.62. The van der Waals surface area contributed by atoms with Crippen molar-refractivity contribution < 1.29 is 19.4 Å². The van der Waals surface area contributed by atoms with Crippen LogP contribution in [0.15, 0.2) is 41.5 Å². The van der Waals surface area contributed by atoms with Gasteiger partial charge in [-0.25, -0.2) is 4.79 Å². The number of hydrogen-bond acceptors (Lipinski definition) is 5. The fraction of sp³-hybridized carbons (Fsp3) is 0.222. The summed E-state index contributed by atoms with van der Waals surface area (Å²) in [5, 5.41) is 13.1. The Bertz CT molecular complexity index is 791. The van der Waals surface area contributed by atoms with Crippen LogP contribution in [0.3, 0.4) is 0 Å². The van der Waals surface area contributed by atoms with Crippen LogP contribution in [0, 0.1) is 3.57 Å². The van der Waals surface area contributed by atoms with Gasteiger partial charge in [0.25, 0.3) is 0 Å². The summed E-state index contributed by atoms with van der Waals surface area (Å²) in [6.07, 6.45) is 1.68. The largest absolute Gasteiger partial charge is 0.493 e. The van der Waals surface area contributed by atoms with E-state index in [0.717, 1.165) is 9.13 Å². The molecule has 0 atom stereocenters. The lowest BCUT2D eigenvalue weighted by molar-refractivity contribution is 0.0697. The molecule has 2 aromatic rings. The lowest BCUT2D eigenvalue weighted by Crippen LogP contribution is -2.08. The maximum atomic E-state index is 11.0. The third-order valence-corrected chi connectivity index (χ3v) is 3.92. The fourth-order valence-electron chi connectivity index (χ4n) is 2.07. The van der Waals surface area contributed by atoms with Crippen molar-refractivity contribution in [2.45, 2.75) is 20.0 Å². The average Bonchev–Trinajstić information content (AvgIpc) is 2.57. The molecule has 0 aliphatic carbocycles. The molecule has 0 saturated carbocycles. The van der Waals surface area contributed by atoms with Crippen molar-refractivity contribution in [2.24, 2.45) is 5.10 Å². The van der Waals surface area contributed by atoms with Crippen molar-refractivity contribution in [1.29, 1.82) is 0 Å². The number of hydrogen-bond donors (Lipinski definition) is 2. The second-order valence-electron chi connectivity index (χ2n) is 5.46. The minimum Gasteiger partial charge on any atom is -0.493 e. The van der Waals surface area contributed by atoms with Crippen molar-refractivity contribution in [2.75, 3.05) is 12.5 Å². The predicted octanol–water partition coefficient (Wildman–Crippen LogP) is 4.23. The molecule has 2 rings (SSSR count). The molecule has 7 heteroatoms. The lowest BCUT2D eigenvalue weighted by atomic mass is 10.2. The Labute approximate surface area is 160 Å². The maximum Gasteiger partial charge on any atom is 0.335 e. The molecule has 2 aromatic carbocycles. The van der Waals surface area contributed by atoms with Crippen molar-refractivity contribution >= 4 is 40.5 Å². The highest BCUT2D eigenvalue weighted by atomic mass is 127. The zero-order valence-electron chi connectivity index (χ0n) is 14.1. The number of benzene rings is 2. The van der Waals surface area contributed by atoms with Gasteiger partial charge in [0.1, 0.15) is 0 Å². The summed E-state index contributed by atoms with van der Waals surface area (Å²) in [7, 11) is 1.59. The highest BCUT2D eigenvalue weighted by Crippen LogP contribution is 2.34. The molecule has 0 saturated heterocycles. The zero-order chi connectivity index (χ0) is 18.4. The van der Waals surface area contributed by atoms with Gasteiger partial charge in [0, 0.05) is 0 Å². The number of methoxy groups -OCH3 is 1. The summed E-state index contributed by atoms with van der Waals surface area (Å²) in [5.41, 5.74) is 4.45. The quantitative estimate of drug-likeness (QED) is 0.372. The van der Waals surface area contributed by atoms with Gasteiger partial charge in [-0.1, -0.05) is 6.07 Å². The number of hydrazone groups is 1. The van der Waals surface area contributed by atoms with Crippen LogP contribution in [0.4, 0.5) is 5.69 Å². The van der Waals surface area contributed by atoms with Gasteiger partial charge in [-0.15, -0.1) is 0 Å². The predicted molar refractivity (Wildman–Crippen MR) is 106 cm³/mol. The molecule has 0 spiro atoms. The van der Waals surface area contributed by atoms with E-state index in [0.29, 0.717) is 17.2 Å². The minimum absolute atomic E-state index is 0.0464. The van der Waals surface area contributed by atoms with Crippen LogP contribution in [-0.4, -0.2) is 30.5 Å². The van der Waals surface area contributed by atoms with Gasteiger partial charge in [0.05, 0.1) is 34.2 Å². The number of rotatable bonds is 7. The highest BCUT2D eigenvalue weighted by molar-refractivity contribution is 14.1. The van der Waals surface area contributed by atoms with E-state index in [9.17, 15) is 4.79 Å². The average molecular weight is 454 g/mol. The summed E-state index contributed by atoms with van der Waals surface area (Å²) in [4.78, 5) is 11.0. The molecule has 0 heterocycles. The fourth-order valence-corrected chi connectivity index (χ4v) is 2.82. The molecule has 0 bridgehead atoms. The van der Waals surface area contributed by atoms with Crippen LogP contribution >= 0.6 is 22.6 Å². The van der Waals surface area contributed by atoms with E-state index in [1.807, 2.05) is 26.0 Å². The standard InChI is InChI=1S/C18H19IN2O4/c1-11(2)25-17-15(19)7-12(8-16(17)24-3)10-20-21-14-6-4-5-13(9-14)18(22)23/h4-11,21H,1-3H3,(H,22,23)/b20-10+. The zero-order valence-corrected chi connectivity index (χ0v) is 16.3. The lowest BCUT2D eigenvalue weighted by Gasteiger charge is -2.15. The summed E-state index contributed by atoms with van der Waals surface area (Å²) < 4.78 is 12.1. The van der Waals surface area contributed by atoms with Crippen LogP contribution in [0.25, 0.3) is 0 Å². The van der Waals surface area contributed by atoms with Crippen LogP contribution in [0.2, 0.25) is 0 Å². The van der Waals surface area contributed by atoms with Crippen molar-refractivity contribution in [3.63, 3.8) is 0 Å². The van der Waals surface area contributed by atoms with E-state index in [1.54, 1.807) is 25.5 Å². The molecule has 0 unspecified atom stereocenters. The van der Waals surface area contributed by atoms with E-state index < -0.39 is 5.97 Å². The number of carboxylic acids is 1. The Morgan fingerprint density at radius 2 is 2.08 bits per heavy atom. The molecule has 2 N–H and O–H groups in total. The highest BCUT2D eigenvalue weighted by Gasteiger charge is 2.12. The van der Waals surface area contributed by atoms with Crippen LogP contribution in [0.5, 0.6) is 11.5 Å². The number of nitrogens with one attached hydrogen (secondary N) is 1. The summed E-state index contributed by atoms with van der Waals surface area (Å²) in [6.45, 7) is 3.92. The normalized spacial score (nSPS) is 10.9. The first-order valence-corrected chi connectivity index (χ1v) is 8.65. The molecular formula is C18H19IN2O4. The summed E-state index contributed by atoms with van der Waals surface area (Å²) >= 11 is 2.19. The molecule has 0 fully saturated rings. The topological polar surface area (TPSA) is 80.2 Å². The Balaban J connectivity index is 2.17. The van der Waals surface area contributed by atoms with Crippen molar-refractivity contribution in [3.05, 3.63) is 51.1 Å². The van der Waals surface area contributed by atoms with Gasteiger partial charge in [0.15, 0.2) is 11.5 Å². The van der Waals surface area contributed by atoms with E-state index in [2.05, 4.69) is 33.1 Å². The number of anilines is 1. The molecule has 6 nitrogen and oxygen atoms in total. The Morgan fingerprint density at radius 3 is 2.72 bits per heavy atom. The molecular weight excluding hydrogens is 435 g/mol. The monoisotopic (exact) mass is 454 g/mol. The molecule has 0 aliphatic rings. The number of ether oxygens (including phenoxy) is 2. The Kier molecular flexibility index (Phi) is 6.63. The van der Waals surface area contributed by atoms with Gasteiger partial charge < -0.3 is 14.6 Å². The van der Waals surface area contributed by atoms with Gasteiger partial charge in [-0.3, -0.25) is 5.43 Å². The number of carboxylic acid groups (broad SMARTS) is 1. The number of aromatic carboxylic acids is 1. The maximum absolute atomic E-state index is 11.0. The van der Waals surface area contributed by atoms with Crippen LogP contribution in [0.1, 0.15) is 29.8 Å². The molecule has 132 valence electrons. The molecule has 0 aromatic heterocycles. The minimum atomic E-state index is -0.979. The van der Waals surface area contributed by atoms with Gasteiger partial charge in [-0.2, -0.15) is 5.10 Å². The SMILES string of the molecule is COc1cc(/C=N/Nc2cccc(C(=O)O)c2)cc(I)c1OC(C)C. The molecule has 0 amide bonds. The first kappa shape index (κ1) is 19.0. The second kappa shape index (κ2) is 8.70. The Morgan fingerprint density at radius 1 is 1.32 bits per heavy atom. The third kappa shape index (κ3) is 5.35. The van der Waals surface area contributed by atoms with E-state index in [-0.39, 0.29) is 11.7 Å². The first-order valence-electron chi connectivity index (χ1n) is 7.57. The summed E-state index contributed by atoms with van der Waals surface area (Å²) in [6, 6.07) is 10.2. The number of carbonyl (C=O) groups is 1. The molecule has 0 radical (unpaired) electrons. The van der Waals surface area contributed by atoms with E-state index in [4.69, 9.17) is 14.6 Å². The summed E-state index contributed by atoms with van der Waals surface area (Å²) in [5.74, 6) is 0.361. The van der Waals surface area contributed by atoms with Crippen LogP contribution in [-0.2, 0) is 0 Å². The molecule has 0 aliphatic heterocycles. The third-order valence-electron chi connectivity index (χ3n) is 3.12. The Hall–Kier alpha value is -2.29. The molecule has 25 heavy (non-hydrogen) atoms. The van der Waals surface area contributed by atoms with E-state index >= 15 is 0 Å². The van der Waals surface area contributed by atoms with E-state index in [1.165, 1.54) is 12.1 Å². The van der Waals surface area contributed by atoms with Crippen molar-refractivity contribution in [1.82, 2.24) is 0 Å². The van der Waals surface area contributed by atoms with Gasteiger partial charge >= 0.3 is 5.97 Å². The van der Waals surface area contributed by atoms with Crippen molar-refractivity contribution in [3.8, 4) is 11.5 Å². The van der Waals surface area contributed by atoms with Gasteiger partial charge in [0.2, 0.25) is 0 Å². The van der Waals surface area contributed by atoms with Gasteiger partial charge in [-0.05, 0) is 72.3 Å². The number of halogens is 1. The smallest absolute Gasteiger partial charge is 0.335 e. The number of nitrogens with zero attached hydrogens (tertiary/aromatic N) is 1. The first-order chi connectivity index (χ1) is 11.9.